The summed E-state index contributed by atoms with van der Waals surface area (Å²) >= 11 is 0. The fraction of sp³-hybridized carbons (Fsp3) is 0.316. The van der Waals surface area contributed by atoms with Crippen LogP contribution in [0, 0.1) is 0 Å². The third kappa shape index (κ3) is 5.42. The number of hydrogen-bond acceptors (Lipinski definition) is 1. The largest absolute Gasteiger partial charge is 0.306 e. The van der Waals surface area contributed by atoms with E-state index in [1.54, 1.807) is 0 Å². The fourth-order valence-corrected chi connectivity index (χ4v) is 1.68. The highest BCUT2D eigenvalue weighted by molar-refractivity contribution is 5.62. The maximum Gasteiger partial charge on any atom is 0.137 e. The van der Waals surface area contributed by atoms with Gasteiger partial charge in [0, 0.05) is 18.0 Å². The molecule has 2 heteroatoms. The summed E-state index contributed by atoms with van der Waals surface area (Å²) in [5.41, 5.74) is 3.15. The van der Waals surface area contributed by atoms with Gasteiger partial charge in [0.15, 0.2) is 0 Å². The molecule has 2 aromatic heterocycles. The van der Waals surface area contributed by atoms with Crippen molar-refractivity contribution in [1.29, 1.82) is 0 Å². The van der Waals surface area contributed by atoms with Gasteiger partial charge in [0.25, 0.3) is 0 Å². The summed E-state index contributed by atoms with van der Waals surface area (Å²) in [7, 11) is 0. The average molecular weight is 284 g/mol. The van der Waals surface area contributed by atoms with E-state index in [1.807, 2.05) is 94.7 Å². The lowest BCUT2D eigenvalue weighted by Crippen LogP contribution is -1.77. The lowest BCUT2D eigenvalue weighted by atomic mass is 10.2. The topological polar surface area (TPSA) is 17.3 Å². The van der Waals surface area contributed by atoms with Crippen molar-refractivity contribution in [3.05, 3.63) is 60.9 Å². The van der Waals surface area contributed by atoms with Crippen LogP contribution in [0.4, 0.5) is 0 Å². The molecular formula is C19H28N2. The highest BCUT2D eigenvalue weighted by Gasteiger charge is 2.01. The van der Waals surface area contributed by atoms with Gasteiger partial charge >= 0.3 is 0 Å². The number of imidazole rings is 1. The summed E-state index contributed by atoms with van der Waals surface area (Å²) in [5.74, 6) is 0. The Labute approximate surface area is 129 Å². The zero-order valence-corrected chi connectivity index (χ0v) is 14.2. The van der Waals surface area contributed by atoms with E-state index < -0.39 is 0 Å². The molecule has 0 aliphatic heterocycles. The summed E-state index contributed by atoms with van der Waals surface area (Å²) < 4.78 is 2.03. The summed E-state index contributed by atoms with van der Waals surface area (Å²) in [4.78, 5) is 4.55. The van der Waals surface area contributed by atoms with E-state index in [2.05, 4.69) is 17.1 Å². The van der Waals surface area contributed by atoms with Crippen LogP contribution in [0.2, 0.25) is 0 Å². The van der Waals surface area contributed by atoms with Crippen LogP contribution < -0.4 is 0 Å². The molecule has 0 bridgehead atoms. The molecule has 0 atom stereocenters. The monoisotopic (exact) mass is 284 g/mol. The Bertz CT molecular complexity index is 550. The van der Waals surface area contributed by atoms with Crippen LogP contribution >= 0.6 is 0 Å². The smallest absolute Gasteiger partial charge is 0.137 e. The van der Waals surface area contributed by atoms with Crippen molar-refractivity contribution >= 4 is 5.65 Å². The molecule has 0 radical (unpaired) electrons. The quantitative estimate of drug-likeness (QED) is 0.529. The van der Waals surface area contributed by atoms with E-state index in [9.17, 15) is 0 Å². The Morgan fingerprint density at radius 1 is 0.714 bits per heavy atom. The normalized spacial score (nSPS) is 8.48. The van der Waals surface area contributed by atoms with E-state index in [4.69, 9.17) is 0 Å². The van der Waals surface area contributed by atoms with Crippen LogP contribution in [0.5, 0.6) is 0 Å². The summed E-state index contributed by atoms with van der Waals surface area (Å²) in [6.45, 7) is 12.0. The lowest BCUT2D eigenvalue weighted by molar-refractivity contribution is 1.19. The van der Waals surface area contributed by atoms with Gasteiger partial charge in [0.1, 0.15) is 5.65 Å². The maximum absolute atomic E-state index is 4.55. The van der Waals surface area contributed by atoms with Gasteiger partial charge in [-0.3, -0.25) is 0 Å². The minimum Gasteiger partial charge on any atom is -0.306 e. The van der Waals surface area contributed by atoms with Crippen LogP contribution in [0.1, 0.15) is 41.5 Å². The number of benzene rings is 1. The van der Waals surface area contributed by atoms with E-state index in [-0.39, 0.29) is 0 Å². The maximum atomic E-state index is 4.55. The van der Waals surface area contributed by atoms with Crippen LogP contribution in [0.3, 0.4) is 0 Å². The van der Waals surface area contributed by atoms with Crippen molar-refractivity contribution in [1.82, 2.24) is 9.38 Å². The molecule has 0 saturated heterocycles. The second kappa shape index (κ2) is 11.7. The molecule has 1 aromatic carbocycles. The minimum absolute atomic E-state index is 0.983. The van der Waals surface area contributed by atoms with Gasteiger partial charge in [0.2, 0.25) is 0 Å². The Balaban J connectivity index is 0.000000598. The highest BCUT2D eigenvalue weighted by atomic mass is 15.0. The molecule has 0 aliphatic rings. The van der Waals surface area contributed by atoms with E-state index in [0.717, 1.165) is 16.9 Å². The minimum atomic E-state index is 0.983. The predicted molar refractivity (Wildman–Crippen MR) is 94.7 cm³/mol. The van der Waals surface area contributed by atoms with Gasteiger partial charge < -0.3 is 4.40 Å². The average Bonchev–Trinajstić information content (AvgIpc) is 3.05. The summed E-state index contributed by atoms with van der Waals surface area (Å²) in [5, 5.41) is 0. The van der Waals surface area contributed by atoms with Gasteiger partial charge in [-0.1, -0.05) is 77.9 Å². The lowest BCUT2D eigenvalue weighted by Gasteiger charge is -1.92. The first-order chi connectivity index (χ1) is 10.4. The Kier molecular flexibility index (Phi) is 10.5. The fourth-order valence-electron chi connectivity index (χ4n) is 1.68. The van der Waals surface area contributed by atoms with Crippen molar-refractivity contribution in [2.75, 3.05) is 0 Å². The van der Waals surface area contributed by atoms with Crippen molar-refractivity contribution in [3.8, 4) is 11.3 Å². The van der Waals surface area contributed by atoms with Crippen molar-refractivity contribution < 1.29 is 0 Å². The van der Waals surface area contributed by atoms with Crippen molar-refractivity contribution in [2.24, 2.45) is 0 Å². The SMILES string of the molecule is CC.CC.CC.c1ccc(-c2cn3ccccc3n2)cc1. The van der Waals surface area contributed by atoms with Crippen molar-refractivity contribution in [3.63, 3.8) is 0 Å². The highest BCUT2D eigenvalue weighted by Crippen LogP contribution is 2.17. The predicted octanol–water partition coefficient (Wildman–Crippen LogP) is 6.08. The van der Waals surface area contributed by atoms with E-state index in [1.165, 1.54) is 0 Å². The molecule has 0 unspecified atom stereocenters. The van der Waals surface area contributed by atoms with Crippen LogP contribution in [-0.4, -0.2) is 9.38 Å². The van der Waals surface area contributed by atoms with Gasteiger partial charge in [-0.2, -0.15) is 0 Å². The van der Waals surface area contributed by atoms with Crippen LogP contribution in [0.25, 0.3) is 16.9 Å². The first kappa shape index (κ1) is 18.9. The summed E-state index contributed by atoms with van der Waals surface area (Å²) in [6.07, 6.45) is 4.06. The third-order valence-corrected chi connectivity index (χ3v) is 2.43. The molecule has 3 aromatic rings. The number of pyridine rings is 1. The molecular weight excluding hydrogens is 256 g/mol. The van der Waals surface area contributed by atoms with E-state index in [0.29, 0.717) is 0 Å². The van der Waals surface area contributed by atoms with Gasteiger partial charge in [0.05, 0.1) is 5.69 Å². The number of fused-ring (bicyclic) bond motifs is 1. The van der Waals surface area contributed by atoms with Gasteiger partial charge in [-0.15, -0.1) is 0 Å². The van der Waals surface area contributed by atoms with E-state index >= 15 is 0 Å². The third-order valence-electron chi connectivity index (χ3n) is 2.43. The molecule has 0 fully saturated rings. The zero-order chi connectivity index (χ0) is 16.1. The molecule has 0 amide bonds. The Morgan fingerprint density at radius 3 is 1.86 bits per heavy atom. The molecule has 21 heavy (non-hydrogen) atoms. The number of rotatable bonds is 1. The number of nitrogens with zero attached hydrogens (tertiary/aromatic N) is 2. The standard InChI is InChI=1S/C13H10N2.3C2H6/c1-2-6-11(7-3-1)12-10-15-9-5-4-8-13(15)14-12;3*1-2/h1-10H;3*1-2H3. The zero-order valence-electron chi connectivity index (χ0n) is 14.2. The molecule has 0 saturated carbocycles. The molecule has 2 nitrogen and oxygen atoms in total. The Hall–Kier alpha value is -2.09. The van der Waals surface area contributed by atoms with Crippen LogP contribution in [0.15, 0.2) is 60.9 Å². The summed E-state index contributed by atoms with van der Waals surface area (Å²) in [6, 6.07) is 16.2. The molecule has 2 heterocycles. The molecule has 0 N–H and O–H groups in total. The number of hydrogen-bond donors (Lipinski definition) is 0. The van der Waals surface area contributed by atoms with Gasteiger partial charge in [-0.05, 0) is 12.1 Å². The first-order valence-electron chi connectivity index (χ1n) is 7.93. The second-order valence-corrected chi connectivity index (χ2v) is 3.46. The number of aromatic nitrogens is 2. The first-order valence-corrected chi connectivity index (χ1v) is 7.93. The molecule has 114 valence electrons. The van der Waals surface area contributed by atoms with Crippen molar-refractivity contribution in [2.45, 2.75) is 41.5 Å². The second-order valence-electron chi connectivity index (χ2n) is 3.46. The molecule has 3 rings (SSSR count). The van der Waals surface area contributed by atoms with Crippen LogP contribution in [-0.2, 0) is 0 Å². The Morgan fingerprint density at radius 2 is 1.29 bits per heavy atom. The molecule has 0 aliphatic carbocycles. The molecule has 0 spiro atoms. The van der Waals surface area contributed by atoms with Gasteiger partial charge in [-0.25, -0.2) is 4.98 Å².